The summed E-state index contributed by atoms with van der Waals surface area (Å²) in [4.78, 5) is 69.4. The highest BCUT2D eigenvalue weighted by Crippen LogP contribution is 2.46. The average molecular weight is 959 g/mol. The molecule has 0 bridgehead atoms. The normalized spacial score (nSPS) is 15.3. The molecule has 362 valence electrons. The number of carboxylic acid groups (broad SMARTS) is 3. The van der Waals surface area contributed by atoms with E-state index in [1.54, 1.807) is 51.3 Å². The Balaban J connectivity index is 0.000000245. The fourth-order valence-electron chi connectivity index (χ4n) is 7.47. The lowest BCUT2D eigenvalue weighted by Gasteiger charge is -2.45. The van der Waals surface area contributed by atoms with Gasteiger partial charge in [-0.15, -0.1) is 0 Å². The maximum Gasteiger partial charge on any atom is 0.416 e. The number of piperazine rings is 1. The summed E-state index contributed by atoms with van der Waals surface area (Å²) in [6.07, 6.45) is -9.62. The fraction of sp³-hybridized carbons (Fsp3) is 0.265. The summed E-state index contributed by atoms with van der Waals surface area (Å²) < 4.78 is 77.0. The number of aliphatic carboxylic acids is 3. The molecule has 0 amide bonds. The monoisotopic (exact) mass is 958 g/mol. The minimum absolute atomic E-state index is 0.0162. The quantitative estimate of drug-likeness (QED) is 0.0757. The van der Waals surface area contributed by atoms with Gasteiger partial charge in [-0.2, -0.15) is 13.2 Å². The number of aryl methyl sites for hydroxylation is 2. The molecule has 1 saturated heterocycles. The molecule has 0 unspecified atom stereocenters. The van der Waals surface area contributed by atoms with Crippen molar-refractivity contribution in [1.29, 1.82) is 0 Å². The molecule has 2 aliphatic heterocycles. The first-order valence-corrected chi connectivity index (χ1v) is 21.1. The van der Waals surface area contributed by atoms with E-state index in [9.17, 15) is 52.5 Å². The van der Waals surface area contributed by atoms with E-state index in [0.29, 0.717) is 31.9 Å². The standard InChI is InChI=1S/C29H28F4N4O4.C20H18O8/c1-40-20-6-3-5-19(16-20)35-11-13-36(14-12-35)28-34-27-21(7-4-8-22(27)30)23(17-26(38)39)37(28)24-15-18(29(31,32)33)9-10-25(24)41-2;1-11-3-7-13(8-4-11)19(25)27-15(17(21)22)16(18(23)24)28-20(26)14-9-5-12(2)6-10-14/h3-10,15-16,23H,11-14,17H2,1-2H3,(H,38,39);3-10,15-16H,1-2H3,(H,21,22)(H,23,24)/t23-;15-,16-/m00/s1. The number of carbonyl (C=O) groups excluding carboxylic acids is 2. The Labute approximate surface area is 392 Å². The van der Waals surface area contributed by atoms with Crippen molar-refractivity contribution in [2.24, 2.45) is 4.99 Å². The van der Waals surface area contributed by atoms with Crippen LogP contribution >= 0.6 is 0 Å². The minimum Gasteiger partial charge on any atom is -0.497 e. The van der Waals surface area contributed by atoms with E-state index in [1.807, 2.05) is 29.2 Å². The summed E-state index contributed by atoms with van der Waals surface area (Å²) in [6, 6.07) is 25.8. The largest absolute Gasteiger partial charge is 0.497 e. The van der Waals surface area contributed by atoms with Crippen molar-refractivity contribution >= 4 is 52.9 Å². The molecule has 3 atom stereocenters. The molecule has 5 aromatic rings. The fourth-order valence-corrected chi connectivity index (χ4v) is 7.47. The second kappa shape index (κ2) is 21.6. The van der Waals surface area contributed by atoms with E-state index in [0.717, 1.165) is 28.9 Å². The van der Waals surface area contributed by atoms with Gasteiger partial charge >= 0.3 is 36.0 Å². The smallest absolute Gasteiger partial charge is 0.416 e. The van der Waals surface area contributed by atoms with Crippen LogP contribution in [0.15, 0.2) is 114 Å². The van der Waals surface area contributed by atoms with Gasteiger partial charge in [0.1, 0.15) is 23.0 Å². The molecule has 69 heavy (non-hydrogen) atoms. The van der Waals surface area contributed by atoms with Gasteiger partial charge in [0.2, 0.25) is 18.2 Å². The van der Waals surface area contributed by atoms with Crippen molar-refractivity contribution < 1.29 is 75.8 Å². The zero-order chi connectivity index (χ0) is 50.2. The van der Waals surface area contributed by atoms with Crippen molar-refractivity contribution in [1.82, 2.24) is 4.90 Å². The first kappa shape index (κ1) is 50.3. The number of para-hydroxylation sites is 1. The van der Waals surface area contributed by atoms with E-state index >= 15 is 4.39 Å². The number of alkyl halides is 3. The highest BCUT2D eigenvalue weighted by atomic mass is 19.4. The SMILES string of the molecule is COc1cccc(N2CCN(C3=Nc4c(F)cccc4[C@H](CC(=O)O)N3c3cc(C(F)(F)F)ccc3OC)CC2)c1.Cc1ccc(C(=O)O[C@H](C(=O)O)[C@H](OC(=O)c2ccc(C)cc2)C(=O)O)cc1. The molecule has 20 heteroatoms. The molecule has 0 spiro atoms. The Morgan fingerprint density at radius 2 is 1.23 bits per heavy atom. The predicted octanol–water partition coefficient (Wildman–Crippen LogP) is 7.93. The van der Waals surface area contributed by atoms with Crippen molar-refractivity contribution in [3.63, 3.8) is 0 Å². The number of halogens is 4. The Bertz CT molecular complexity index is 2650. The van der Waals surface area contributed by atoms with Crippen LogP contribution in [0.25, 0.3) is 0 Å². The molecule has 5 aromatic carbocycles. The zero-order valence-electron chi connectivity index (χ0n) is 37.5. The summed E-state index contributed by atoms with van der Waals surface area (Å²) in [5, 5.41) is 28.5. The number of carbonyl (C=O) groups is 5. The van der Waals surface area contributed by atoms with Crippen molar-refractivity contribution in [3.05, 3.63) is 148 Å². The molecular formula is C49H46F4N4O12. The number of methoxy groups -OCH3 is 2. The van der Waals surface area contributed by atoms with Crippen LogP contribution in [0.3, 0.4) is 0 Å². The maximum absolute atomic E-state index is 15.1. The summed E-state index contributed by atoms with van der Waals surface area (Å²) in [6.45, 7) is 5.40. The third-order valence-electron chi connectivity index (χ3n) is 11.0. The first-order valence-electron chi connectivity index (χ1n) is 21.1. The third-order valence-corrected chi connectivity index (χ3v) is 11.0. The molecule has 2 heterocycles. The van der Waals surface area contributed by atoms with E-state index < -0.39 is 72.1 Å². The summed E-state index contributed by atoms with van der Waals surface area (Å²) in [7, 11) is 2.90. The van der Waals surface area contributed by atoms with Gasteiger partial charge in [-0.1, -0.05) is 53.6 Å². The molecule has 0 aromatic heterocycles. The number of hydrogen-bond donors (Lipinski definition) is 3. The van der Waals surface area contributed by atoms with Gasteiger partial charge in [0, 0.05) is 43.5 Å². The molecule has 0 radical (unpaired) electrons. The third kappa shape index (κ3) is 12.1. The second-order valence-electron chi connectivity index (χ2n) is 15.7. The van der Waals surface area contributed by atoms with Gasteiger partial charge < -0.3 is 49.0 Å². The van der Waals surface area contributed by atoms with Gasteiger partial charge in [0.05, 0.1) is 49.1 Å². The molecule has 3 N–H and O–H groups in total. The number of carboxylic acids is 3. The first-order chi connectivity index (χ1) is 32.8. The summed E-state index contributed by atoms with van der Waals surface area (Å²) in [5.74, 6) is -6.53. The van der Waals surface area contributed by atoms with Crippen LogP contribution < -0.4 is 19.3 Å². The van der Waals surface area contributed by atoms with Crippen molar-refractivity contribution in [2.45, 2.75) is 44.7 Å². The molecular weight excluding hydrogens is 913 g/mol. The number of esters is 2. The van der Waals surface area contributed by atoms with Gasteiger partial charge in [0.15, 0.2) is 0 Å². The lowest BCUT2D eigenvalue weighted by atomic mass is 9.96. The molecule has 0 saturated carbocycles. The Morgan fingerprint density at radius 1 is 0.696 bits per heavy atom. The summed E-state index contributed by atoms with van der Waals surface area (Å²) in [5.41, 5.74) is 2.00. The van der Waals surface area contributed by atoms with Crippen LogP contribution in [0.1, 0.15) is 55.4 Å². The summed E-state index contributed by atoms with van der Waals surface area (Å²) >= 11 is 0. The van der Waals surface area contributed by atoms with E-state index in [1.165, 1.54) is 54.5 Å². The number of guanidine groups is 1. The number of anilines is 2. The number of fused-ring (bicyclic) bond motifs is 1. The number of hydrogen-bond acceptors (Lipinski definition) is 13. The number of rotatable bonds is 13. The second-order valence-corrected chi connectivity index (χ2v) is 15.7. The van der Waals surface area contributed by atoms with Crippen LogP contribution in [0.2, 0.25) is 0 Å². The minimum atomic E-state index is -4.66. The van der Waals surface area contributed by atoms with Gasteiger partial charge in [-0.3, -0.25) is 4.79 Å². The van der Waals surface area contributed by atoms with E-state index in [2.05, 4.69) is 9.89 Å². The molecule has 0 aliphatic carbocycles. The van der Waals surface area contributed by atoms with Crippen LogP contribution in [-0.2, 0) is 30.0 Å². The van der Waals surface area contributed by atoms with Gasteiger partial charge in [-0.25, -0.2) is 28.6 Å². The van der Waals surface area contributed by atoms with Crippen LogP contribution in [-0.4, -0.2) is 109 Å². The number of benzene rings is 5. The number of aliphatic imine (C=N–C) groups is 1. The highest BCUT2D eigenvalue weighted by molar-refractivity contribution is 6.02. The lowest BCUT2D eigenvalue weighted by Crippen LogP contribution is -2.55. The topological polar surface area (TPSA) is 205 Å². The zero-order valence-corrected chi connectivity index (χ0v) is 37.5. The van der Waals surface area contributed by atoms with Crippen LogP contribution in [0.5, 0.6) is 11.5 Å². The molecule has 1 fully saturated rings. The van der Waals surface area contributed by atoms with Crippen molar-refractivity contribution in [3.8, 4) is 11.5 Å². The molecule has 16 nitrogen and oxygen atoms in total. The predicted molar refractivity (Wildman–Crippen MR) is 242 cm³/mol. The number of ether oxygens (including phenoxy) is 4. The lowest BCUT2D eigenvalue weighted by molar-refractivity contribution is -0.166. The number of nitrogens with zero attached hydrogens (tertiary/aromatic N) is 4. The van der Waals surface area contributed by atoms with Gasteiger partial charge in [-0.05, 0) is 74.5 Å². The molecule has 7 rings (SSSR count). The van der Waals surface area contributed by atoms with E-state index in [-0.39, 0.29) is 39.8 Å². The van der Waals surface area contributed by atoms with E-state index in [4.69, 9.17) is 18.9 Å². The maximum atomic E-state index is 15.1. The Kier molecular flexibility index (Phi) is 15.8. The highest BCUT2D eigenvalue weighted by Gasteiger charge is 2.42. The van der Waals surface area contributed by atoms with Crippen LogP contribution in [0, 0.1) is 19.7 Å². The Morgan fingerprint density at radius 3 is 1.72 bits per heavy atom. The average Bonchev–Trinajstić information content (AvgIpc) is 3.32. The Hall–Kier alpha value is -8.16. The van der Waals surface area contributed by atoms with Crippen molar-refractivity contribution in [2.75, 3.05) is 50.2 Å². The van der Waals surface area contributed by atoms with Crippen LogP contribution in [0.4, 0.5) is 34.6 Å². The molecule has 2 aliphatic rings. The van der Waals surface area contributed by atoms with Gasteiger partial charge in [0.25, 0.3) is 0 Å².